The minimum atomic E-state index is -1.49. The Hall–Kier alpha value is -1.13. The molecule has 0 radical (unpaired) electrons. The predicted octanol–water partition coefficient (Wildman–Crippen LogP) is 5.23. The number of rotatable bonds is 0. The van der Waals surface area contributed by atoms with E-state index in [1.807, 2.05) is 0 Å². The van der Waals surface area contributed by atoms with Gasteiger partial charge in [0.05, 0.1) is 17.6 Å². The molecule has 0 saturated heterocycles. The average molecular weight is 297 g/mol. The van der Waals surface area contributed by atoms with Crippen molar-refractivity contribution in [1.82, 2.24) is 0 Å². The van der Waals surface area contributed by atoms with E-state index in [2.05, 4.69) is 90.1 Å². The smallest absolute Gasteiger partial charge is 0.0614 e. The van der Waals surface area contributed by atoms with Crippen LogP contribution >= 0.6 is 7.26 Å². The lowest BCUT2D eigenvalue weighted by atomic mass is 10.1. The highest BCUT2D eigenvalue weighted by atomic mass is 31.2. The molecule has 0 atom stereocenters. The van der Waals surface area contributed by atoms with Crippen LogP contribution in [0.5, 0.6) is 0 Å². The Labute approximate surface area is 129 Å². The zero-order valence-electron chi connectivity index (χ0n) is 14.1. The van der Waals surface area contributed by atoms with Gasteiger partial charge in [-0.2, -0.15) is 0 Å². The second-order valence-corrected chi connectivity index (χ2v) is 13.0. The minimum absolute atomic E-state index is 0.258. The van der Waals surface area contributed by atoms with E-state index in [9.17, 15) is 0 Å². The van der Waals surface area contributed by atoms with Crippen LogP contribution in [0.2, 0.25) is 0 Å². The average Bonchev–Trinajstić information content (AvgIpc) is 2.69. The first kappa shape index (κ1) is 14.8. The van der Waals surface area contributed by atoms with Gasteiger partial charge in [-0.3, -0.25) is 0 Å². The fraction of sp³-hybridized carbons (Fsp3) is 0.400. The standard InChI is InChI=1S/C20H26P/c1-19(2,3)21(20(4,5)6)17-13-9-7-11-15(17)16-12-8-10-14-18(16)21/h7-14H,1-6H3/q+1. The summed E-state index contributed by atoms with van der Waals surface area (Å²) in [7, 11) is -1.49. The van der Waals surface area contributed by atoms with Crippen LogP contribution in [0.15, 0.2) is 48.5 Å². The Bertz CT molecular complexity index is 622. The van der Waals surface area contributed by atoms with Gasteiger partial charge in [-0.15, -0.1) is 0 Å². The number of benzene rings is 2. The van der Waals surface area contributed by atoms with Crippen LogP contribution in [0.25, 0.3) is 11.1 Å². The molecular weight excluding hydrogens is 271 g/mol. The molecule has 0 nitrogen and oxygen atoms in total. The van der Waals surface area contributed by atoms with Crippen LogP contribution in [-0.2, 0) is 0 Å². The molecule has 0 unspecified atom stereocenters. The first-order valence-corrected chi connectivity index (χ1v) is 9.59. The van der Waals surface area contributed by atoms with Crippen LogP contribution in [0.4, 0.5) is 0 Å². The van der Waals surface area contributed by atoms with Crippen molar-refractivity contribution in [3.05, 3.63) is 48.5 Å². The lowest BCUT2D eigenvalue weighted by Crippen LogP contribution is -2.43. The zero-order chi connectivity index (χ0) is 15.5. The molecule has 1 aliphatic heterocycles. The predicted molar refractivity (Wildman–Crippen MR) is 97.6 cm³/mol. The quantitative estimate of drug-likeness (QED) is 0.584. The topological polar surface area (TPSA) is 0 Å². The van der Waals surface area contributed by atoms with Crippen LogP contribution in [0.1, 0.15) is 41.5 Å². The fourth-order valence-electron chi connectivity index (χ4n) is 4.57. The Morgan fingerprint density at radius 3 is 1.24 bits per heavy atom. The van der Waals surface area contributed by atoms with Crippen LogP contribution in [0, 0.1) is 0 Å². The van der Waals surface area contributed by atoms with E-state index in [4.69, 9.17) is 0 Å². The first-order chi connectivity index (χ1) is 9.71. The molecule has 110 valence electrons. The molecule has 2 aromatic carbocycles. The first-order valence-electron chi connectivity index (χ1n) is 7.80. The summed E-state index contributed by atoms with van der Waals surface area (Å²) in [5, 5.41) is 3.72. The third kappa shape index (κ3) is 1.78. The van der Waals surface area contributed by atoms with Crippen molar-refractivity contribution in [2.45, 2.75) is 51.9 Å². The maximum absolute atomic E-state index is 2.44. The van der Waals surface area contributed by atoms with E-state index in [-0.39, 0.29) is 10.3 Å². The maximum atomic E-state index is 2.44. The van der Waals surface area contributed by atoms with Gasteiger partial charge in [-0.25, -0.2) is 0 Å². The Morgan fingerprint density at radius 2 is 0.905 bits per heavy atom. The summed E-state index contributed by atoms with van der Waals surface area (Å²) in [4.78, 5) is 0. The second-order valence-electron chi connectivity index (χ2n) is 8.05. The lowest BCUT2D eigenvalue weighted by Gasteiger charge is -2.45. The van der Waals surface area contributed by atoms with E-state index in [0.29, 0.717) is 0 Å². The van der Waals surface area contributed by atoms with Gasteiger partial charge < -0.3 is 0 Å². The summed E-state index contributed by atoms with van der Waals surface area (Å²) in [5.74, 6) is 0. The van der Waals surface area contributed by atoms with Crippen LogP contribution in [-0.4, -0.2) is 10.3 Å². The number of fused-ring (bicyclic) bond motifs is 3. The van der Waals surface area contributed by atoms with Crippen LogP contribution in [0.3, 0.4) is 0 Å². The summed E-state index contributed by atoms with van der Waals surface area (Å²) >= 11 is 0. The normalized spacial score (nSPS) is 16.5. The molecule has 21 heavy (non-hydrogen) atoms. The fourth-order valence-corrected chi connectivity index (χ4v) is 11.5. The highest BCUT2D eigenvalue weighted by Crippen LogP contribution is 2.78. The largest absolute Gasteiger partial charge is 0.108 e. The van der Waals surface area contributed by atoms with E-state index in [0.717, 1.165) is 0 Å². The van der Waals surface area contributed by atoms with E-state index >= 15 is 0 Å². The van der Waals surface area contributed by atoms with Gasteiger partial charge >= 0.3 is 0 Å². The van der Waals surface area contributed by atoms with Gasteiger partial charge in [0, 0.05) is 11.1 Å². The Morgan fingerprint density at radius 1 is 0.571 bits per heavy atom. The monoisotopic (exact) mass is 297 g/mol. The van der Waals surface area contributed by atoms with Gasteiger partial charge in [-0.05, 0) is 53.7 Å². The molecular formula is C20H26P+. The van der Waals surface area contributed by atoms with Crippen molar-refractivity contribution >= 4 is 17.9 Å². The Balaban J connectivity index is 2.51. The molecule has 1 heterocycles. The third-order valence-electron chi connectivity index (χ3n) is 4.83. The number of hydrogen-bond acceptors (Lipinski definition) is 0. The molecule has 0 aliphatic carbocycles. The highest BCUT2D eigenvalue weighted by molar-refractivity contribution is 7.93. The summed E-state index contributed by atoms with van der Waals surface area (Å²) in [6.07, 6.45) is 0. The second kappa shape index (κ2) is 4.43. The summed E-state index contributed by atoms with van der Waals surface area (Å²) in [6, 6.07) is 18.2. The van der Waals surface area contributed by atoms with Crippen molar-refractivity contribution in [3.63, 3.8) is 0 Å². The summed E-state index contributed by atoms with van der Waals surface area (Å²) in [5.41, 5.74) is 2.93. The van der Waals surface area contributed by atoms with Crippen molar-refractivity contribution in [3.8, 4) is 11.1 Å². The molecule has 1 aliphatic rings. The van der Waals surface area contributed by atoms with Gasteiger partial charge in [0.25, 0.3) is 0 Å². The van der Waals surface area contributed by atoms with Crippen molar-refractivity contribution in [2.24, 2.45) is 0 Å². The minimum Gasteiger partial charge on any atom is -0.0614 e. The Kier molecular flexibility index (Phi) is 3.12. The van der Waals surface area contributed by atoms with Crippen molar-refractivity contribution in [1.29, 1.82) is 0 Å². The van der Waals surface area contributed by atoms with Gasteiger partial charge in [0.1, 0.15) is 10.6 Å². The number of hydrogen-bond donors (Lipinski definition) is 0. The molecule has 0 fully saturated rings. The molecule has 1 heteroatoms. The van der Waals surface area contributed by atoms with E-state index in [1.54, 1.807) is 10.6 Å². The molecule has 0 spiro atoms. The molecule has 0 amide bonds. The van der Waals surface area contributed by atoms with Gasteiger partial charge in [0.15, 0.2) is 0 Å². The maximum Gasteiger partial charge on any atom is 0.108 e. The molecule has 0 N–H and O–H groups in total. The van der Waals surface area contributed by atoms with Crippen molar-refractivity contribution in [2.75, 3.05) is 0 Å². The van der Waals surface area contributed by atoms with Gasteiger partial charge in [0.2, 0.25) is 0 Å². The molecule has 0 bridgehead atoms. The van der Waals surface area contributed by atoms with E-state index in [1.165, 1.54) is 11.1 Å². The van der Waals surface area contributed by atoms with Gasteiger partial charge in [-0.1, -0.05) is 36.4 Å². The molecule has 0 aromatic heterocycles. The summed E-state index contributed by atoms with van der Waals surface area (Å²) in [6.45, 7) is 14.6. The summed E-state index contributed by atoms with van der Waals surface area (Å²) < 4.78 is 0. The molecule has 0 saturated carbocycles. The molecule has 3 rings (SSSR count). The molecule has 2 aromatic rings. The van der Waals surface area contributed by atoms with Crippen molar-refractivity contribution < 1.29 is 0 Å². The highest BCUT2D eigenvalue weighted by Gasteiger charge is 2.65. The van der Waals surface area contributed by atoms with Crippen LogP contribution < -0.4 is 10.6 Å². The third-order valence-corrected chi connectivity index (χ3v) is 11.1. The SMILES string of the molecule is CC(C)(C)[P+]1(C(C)(C)C)c2ccccc2-c2ccccc21. The van der Waals surface area contributed by atoms with E-state index < -0.39 is 7.26 Å². The lowest BCUT2D eigenvalue weighted by molar-refractivity contribution is 0.704. The zero-order valence-corrected chi connectivity index (χ0v) is 15.0.